The molecule has 2 saturated heterocycles. The summed E-state index contributed by atoms with van der Waals surface area (Å²) >= 11 is 0. The van der Waals surface area contributed by atoms with Gasteiger partial charge in [-0.2, -0.15) is 0 Å². The van der Waals surface area contributed by atoms with Crippen molar-refractivity contribution in [3.8, 4) is 0 Å². The lowest BCUT2D eigenvalue weighted by atomic mass is 9.55. The molecule has 1 aromatic carbocycles. The fourth-order valence-corrected chi connectivity index (χ4v) is 6.92. The minimum Gasteiger partial charge on any atom is -0.462 e. The smallest absolute Gasteiger partial charge is 0.310 e. The molecule has 0 spiro atoms. The summed E-state index contributed by atoms with van der Waals surface area (Å²) in [5.74, 6) is 0.996. The highest BCUT2D eigenvalue weighted by Gasteiger charge is 2.55. The van der Waals surface area contributed by atoms with Crippen molar-refractivity contribution >= 4 is 5.97 Å². The lowest BCUT2D eigenvalue weighted by Gasteiger charge is -2.50. The zero-order valence-corrected chi connectivity index (χ0v) is 19.0. The van der Waals surface area contributed by atoms with Crippen molar-refractivity contribution in [2.45, 2.75) is 70.6 Å². The van der Waals surface area contributed by atoms with Gasteiger partial charge < -0.3 is 10.1 Å². The quantitative estimate of drug-likeness (QED) is 0.558. The van der Waals surface area contributed by atoms with Crippen LogP contribution in [0, 0.1) is 23.2 Å². The summed E-state index contributed by atoms with van der Waals surface area (Å²) in [5, 5.41) is 3.75. The second-order valence-corrected chi connectivity index (χ2v) is 10.8. The van der Waals surface area contributed by atoms with Gasteiger partial charge in [0.1, 0.15) is 6.10 Å². The van der Waals surface area contributed by atoms with Crippen LogP contribution in [0.25, 0.3) is 0 Å². The normalized spacial score (nSPS) is 36.7. The van der Waals surface area contributed by atoms with E-state index in [-0.39, 0.29) is 23.4 Å². The molecule has 168 valence electrons. The van der Waals surface area contributed by atoms with E-state index in [1.165, 1.54) is 24.0 Å². The summed E-state index contributed by atoms with van der Waals surface area (Å²) in [7, 11) is 0. The van der Waals surface area contributed by atoms with Crippen molar-refractivity contribution in [2.24, 2.45) is 23.2 Å². The highest BCUT2D eigenvalue weighted by Crippen LogP contribution is 2.56. The Bertz CT molecular complexity index is 801. The summed E-state index contributed by atoms with van der Waals surface area (Å²) in [6.07, 6.45) is 8.21. The first-order chi connectivity index (χ1) is 15.0. The molecule has 0 amide bonds. The SMILES string of the molecule is C=C1CCC[C@]2(C)C[C@H]3OC(=O)[C@@H](CNC4CCN(Cc5ccccc5)CC4)[C@H]3C[C@@H]12. The van der Waals surface area contributed by atoms with Gasteiger partial charge in [-0.15, -0.1) is 0 Å². The minimum absolute atomic E-state index is 0.0200. The first kappa shape index (κ1) is 21.2. The Kier molecular flexibility index (Phi) is 5.96. The minimum atomic E-state index is 0.0200. The molecule has 2 aliphatic heterocycles. The van der Waals surface area contributed by atoms with Crippen molar-refractivity contribution in [2.75, 3.05) is 19.6 Å². The summed E-state index contributed by atoms with van der Waals surface area (Å²) in [5.41, 5.74) is 3.09. The highest BCUT2D eigenvalue weighted by atomic mass is 16.6. The number of fused-ring (bicyclic) bond motifs is 2. The van der Waals surface area contributed by atoms with Crippen molar-refractivity contribution < 1.29 is 9.53 Å². The number of allylic oxidation sites excluding steroid dienone is 1. The molecule has 0 radical (unpaired) electrons. The number of ether oxygens (including phenoxy) is 1. The van der Waals surface area contributed by atoms with Crippen LogP contribution in [0.3, 0.4) is 0 Å². The van der Waals surface area contributed by atoms with Crippen molar-refractivity contribution in [1.82, 2.24) is 10.2 Å². The Labute approximate surface area is 187 Å². The van der Waals surface area contributed by atoms with E-state index in [4.69, 9.17) is 4.74 Å². The number of esters is 1. The molecule has 5 rings (SSSR count). The fourth-order valence-electron chi connectivity index (χ4n) is 6.92. The Hall–Kier alpha value is -1.65. The number of piperidine rings is 1. The first-order valence-electron chi connectivity index (χ1n) is 12.4. The first-order valence-corrected chi connectivity index (χ1v) is 12.4. The predicted octanol–water partition coefficient (Wildman–Crippen LogP) is 4.55. The van der Waals surface area contributed by atoms with Gasteiger partial charge in [0, 0.05) is 25.0 Å². The number of nitrogens with zero attached hydrogens (tertiary/aromatic N) is 1. The van der Waals surface area contributed by atoms with Gasteiger partial charge in [-0.25, -0.2) is 0 Å². The fraction of sp³-hybridized carbons (Fsp3) is 0.667. The predicted molar refractivity (Wildman–Crippen MR) is 123 cm³/mol. The standard InChI is InChI=1S/C27H38N2O2/c1-19-7-6-12-27(2)16-25-22(15-24(19)27)23(26(30)31-25)17-28-21-10-13-29(14-11-21)18-20-8-4-3-5-9-20/h3-5,8-9,21-25,28H,1,6-7,10-18H2,2H3/t22-,23+,24+,25-,27-/m1/s1. The lowest BCUT2D eigenvalue weighted by Crippen LogP contribution is -2.47. The zero-order chi connectivity index (χ0) is 21.4. The number of likely N-dealkylation sites (tertiary alicyclic amines) is 1. The van der Waals surface area contributed by atoms with Crippen LogP contribution in [0.4, 0.5) is 0 Å². The summed E-state index contributed by atoms with van der Waals surface area (Å²) < 4.78 is 5.93. The van der Waals surface area contributed by atoms with Gasteiger partial charge in [-0.3, -0.25) is 9.69 Å². The number of benzene rings is 1. The van der Waals surface area contributed by atoms with Gasteiger partial charge in [0.25, 0.3) is 0 Å². The van der Waals surface area contributed by atoms with E-state index in [1.807, 2.05) is 0 Å². The molecule has 2 saturated carbocycles. The number of carbonyl (C=O) groups is 1. The highest BCUT2D eigenvalue weighted by molar-refractivity contribution is 5.75. The van der Waals surface area contributed by atoms with E-state index in [0.29, 0.717) is 17.9 Å². The van der Waals surface area contributed by atoms with Gasteiger partial charge in [-0.1, -0.05) is 49.4 Å². The van der Waals surface area contributed by atoms with E-state index in [9.17, 15) is 4.79 Å². The van der Waals surface area contributed by atoms with Crippen LogP contribution in [0.15, 0.2) is 42.5 Å². The number of hydrogen-bond acceptors (Lipinski definition) is 4. The largest absolute Gasteiger partial charge is 0.462 e. The maximum atomic E-state index is 12.8. The molecule has 4 fully saturated rings. The van der Waals surface area contributed by atoms with Crippen molar-refractivity contribution in [3.05, 3.63) is 48.0 Å². The molecule has 4 nitrogen and oxygen atoms in total. The van der Waals surface area contributed by atoms with Gasteiger partial charge in [0.15, 0.2) is 0 Å². The summed E-state index contributed by atoms with van der Waals surface area (Å²) in [4.78, 5) is 15.3. The van der Waals surface area contributed by atoms with Crippen LogP contribution in [0.2, 0.25) is 0 Å². The molecule has 5 atom stereocenters. The van der Waals surface area contributed by atoms with Crippen LogP contribution in [0.5, 0.6) is 0 Å². The van der Waals surface area contributed by atoms with Crippen molar-refractivity contribution in [1.29, 1.82) is 0 Å². The third-order valence-electron chi connectivity index (χ3n) is 8.78. The Morgan fingerprint density at radius 2 is 2.00 bits per heavy atom. The maximum absolute atomic E-state index is 12.8. The lowest BCUT2D eigenvalue weighted by molar-refractivity contribution is -0.146. The van der Waals surface area contributed by atoms with E-state index < -0.39 is 0 Å². The van der Waals surface area contributed by atoms with Gasteiger partial charge in [0.2, 0.25) is 0 Å². The molecule has 0 unspecified atom stereocenters. The third-order valence-corrected chi connectivity index (χ3v) is 8.78. The number of hydrogen-bond donors (Lipinski definition) is 1. The van der Waals surface area contributed by atoms with E-state index in [0.717, 1.165) is 58.3 Å². The van der Waals surface area contributed by atoms with Gasteiger partial charge >= 0.3 is 5.97 Å². The Morgan fingerprint density at radius 1 is 1.23 bits per heavy atom. The second kappa shape index (κ2) is 8.71. The van der Waals surface area contributed by atoms with E-state index >= 15 is 0 Å². The van der Waals surface area contributed by atoms with Crippen LogP contribution in [-0.2, 0) is 16.1 Å². The Morgan fingerprint density at radius 3 is 2.77 bits per heavy atom. The molecule has 4 aliphatic rings. The molecular formula is C27H38N2O2. The molecule has 0 aromatic heterocycles. The second-order valence-electron chi connectivity index (χ2n) is 10.8. The monoisotopic (exact) mass is 422 g/mol. The van der Waals surface area contributed by atoms with Crippen LogP contribution in [0.1, 0.15) is 57.4 Å². The summed E-state index contributed by atoms with van der Waals surface area (Å²) in [6, 6.07) is 11.3. The molecule has 1 aromatic rings. The van der Waals surface area contributed by atoms with Gasteiger partial charge in [-0.05, 0) is 74.9 Å². The van der Waals surface area contributed by atoms with Crippen LogP contribution >= 0.6 is 0 Å². The average molecular weight is 423 g/mol. The van der Waals surface area contributed by atoms with Crippen LogP contribution in [-0.4, -0.2) is 42.6 Å². The third kappa shape index (κ3) is 4.34. The zero-order valence-electron chi connectivity index (χ0n) is 19.0. The van der Waals surface area contributed by atoms with Crippen molar-refractivity contribution in [3.63, 3.8) is 0 Å². The summed E-state index contributed by atoms with van der Waals surface area (Å²) in [6.45, 7) is 10.9. The van der Waals surface area contributed by atoms with E-state index in [2.05, 4.69) is 54.1 Å². The topological polar surface area (TPSA) is 41.6 Å². The van der Waals surface area contributed by atoms with Crippen LogP contribution < -0.4 is 5.32 Å². The Balaban J connectivity index is 1.13. The molecule has 2 aliphatic carbocycles. The number of rotatable bonds is 5. The molecular weight excluding hydrogens is 384 g/mol. The molecule has 31 heavy (non-hydrogen) atoms. The molecule has 0 bridgehead atoms. The molecule has 1 N–H and O–H groups in total. The van der Waals surface area contributed by atoms with Gasteiger partial charge in [0.05, 0.1) is 5.92 Å². The molecule has 4 heteroatoms. The number of nitrogens with one attached hydrogen (secondary N) is 1. The average Bonchev–Trinajstić information content (AvgIpc) is 3.06. The molecule has 2 heterocycles. The van der Waals surface area contributed by atoms with E-state index in [1.54, 1.807) is 0 Å². The maximum Gasteiger partial charge on any atom is 0.310 e. The number of carbonyl (C=O) groups excluding carboxylic acids is 1.